The van der Waals surface area contributed by atoms with Crippen molar-refractivity contribution in [2.45, 2.75) is 19.6 Å². The van der Waals surface area contributed by atoms with Crippen molar-refractivity contribution in [1.29, 1.82) is 0 Å². The minimum Gasteiger partial charge on any atom is -0.320 e. The average molecular weight is 347 g/mol. The maximum Gasteiger partial charge on any atom is 0.255 e. The van der Waals surface area contributed by atoms with Gasteiger partial charge in [0.1, 0.15) is 0 Å². The number of hydrogen-bond acceptors (Lipinski definition) is 2. The second-order valence-electron chi connectivity index (χ2n) is 7.12. The minimum absolute atomic E-state index is 0.0909. The number of anilines is 1. The van der Waals surface area contributed by atoms with E-state index in [4.69, 9.17) is 0 Å². The van der Waals surface area contributed by atoms with Gasteiger partial charge in [-0.3, -0.25) is 9.78 Å². The molecule has 1 N–H and O–H groups in total. The Hall–Kier alpha value is -2.72. The second-order valence-corrected chi connectivity index (χ2v) is 12.1. The lowest BCUT2D eigenvalue weighted by Gasteiger charge is -2.16. The Balaban J connectivity index is 2.00. The zero-order valence-electron chi connectivity index (χ0n) is 14.8. The number of aromatic nitrogens is 1. The van der Waals surface area contributed by atoms with E-state index in [0.29, 0.717) is 0 Å². The summed E-state index contributed by atoms with van der Waals surface area (Å²) in [5, 5.41) is 4.07. The maximum absolute atomic E-state index is 13.0. The van der Waals surface area contributed by atoms with Gasteiger partial charge in [0, 0.05) is 17.2 Å². The number of rotatable bonds is 4. The molecule has 0 spiro atoms. The Morgan fingerprint density at radius 3 is 2.40 bits per heavy atom. The first kappa shape index (κ1) is 17.1. The summed E-state index contributed by atoms with van der Waals surface area (Å²) in [6.07, 6.45) is 1.74. The van der Waals surface area contributed by atoms with E-state index in [1.54, 1.807) is 6.20 Å². The first-order valence-corrected chi connectivity index (χ1v) is 12.0. The van der Waals surface area contributed by atoms with Crippen LogP contribution in [0.3, 0.4) is 0 Å². The molecule has 0 aliphatic heterocycles. The van der Waals surface area contributed by atoms with Gasteiger partial charge in [-0.05, 0) is 17.7 Å². The lowest BCUT2D eigenvalue weighted by Crippen LogP contribution is -2.21. The highest BCUT2D eigenvalue weighted by molar-refractivity contribution is 6.82. The zero-order chi connectivity index (χ0) is 17.9. The fraction of sp³-hybridized carbons (Fsp3) is 0.143. The Bertz CT molecular complexity index is 922. The molecular formula is C21H22N2OSi. The highest BCUT2D eigenvalue weighted by Gasteiger charge is 2.18. The van der Waals surface area contributed by atoms with Gasteiger partial charge in [-0.1, -0.05) is 73.9 Å². The fourth-order valence-corrected chi connectivity index (χ4v) is 3.89. The largest absolute Gasteiger partial charge is 0.320 e. The molecule has 0 atom stereocenters. The Labute approximate surface area is 149 Å². The molecule has 0 aliphatic carbocycles. The number of amides is 1. The van der Waals surface area contributed by atoms with Crippen molar-refractivity contribution in [1.82, 2.24) is 4.98 Å². The molecule has 0 saturated carbocycles. The predicted molar refractivity (Wildman–Crippen MR) is 108 cm³/mol. The van der Waals surface area contributed by atoms with Gasteiger partial charge in [-0.15, -0.1) is 0 Å². The Kier molecular flexibility index (Phi) is 4.81. The first-order chi connectivity index (χ1) is 11.9. The lowest BCUT2D eigenvalue weighted by molar-refractivity contribution is -0.111. The number of carbonyl (C=O) groups excluding carboxylic acids is 1. The van der Waals surface area contributed by atoms with Crippen LogP contribution >= 0.6 is 0 Å². The monoisotopic (exact) mass is 346 g/mol. The van der Waals surface area contributed by atoms with E-state index in [0.717, 1.165) is 27.7 Å². The highest BCUT2D eigenvalue weighted by Crippen LogP contribution is 2.24. The molecule has 0 aliphatic rings. The van der Waals surface area contributed by atoms with E-state index in [1.165, 1.54) is 0 Å². The zero-order valence-corrected chi connectivity index (χ0v) is 15.8. The summed E-state index contributed by atoms with van der Waals surface area (Å²) in [7, 11) is -1.58. The van der Waals surface area contributed by atoms with E-state index in [-0.39, 0.29) is 5.91 Å². The van der Waals surface area contributed by atoms with Crippen molar-refractivity contribution >= 4 is 36.1 Å². The summed E-state index contributed by atoms with van der Waals surface area (Å²) in [5.74, 6) is -0.0909. The van der Waals surface area contributed by atoms with Gasteiger partial charge in [0.05, 0.1) is 19.3 Å². The molecule has 2 aromatic carbocycles. The average Bonchev–Trinajstić information content (AvgIpc) is 2.60. The summed E-state index contributed by atoms with van der Waals surface area (Å²) in [4.78, 5) is 17.5. The summed E-state index contributed by atoms with van der Waals surface area (Å²) >= 11 is 0. The standard InChI is InChI=1S/C21H22N2OSi/c1-25(2,3)15-18(16-9-5-4-6-10-16)21(24)23-19-13-7-11-17-12-8-14-22-20(17)19/h4-15H,1-3H3,(H,23,24)/b18-15+. The van der Waals surface area contributed by atoms with Crippen LogP contribution in [0, 0.1) is 0 Å². The van der Waals surface area contributed by atoms with Crippen LogP contribution in [0.5, 0.6) is 0 Å². The molecule has 3 rings (SSSR count). The third kappa shape index (κ3) is 4.22. The van der Waals surface area contributed by atoms with Crippen LogP contribution in [0.1, 0.15) is 5.56 Å². The van der Waals surface area contributed by atoms with Gasteiger partial charge in [-0.25, -0.2) is 0 Å². The van der Waals surface area contributed by atoms with Crippen LogP contribution in [-0.2, 0) is 4.79 Å². The number of pyridine rings is 1. The van der Waals surface area contributed by atoms with Crippen molar-refractivity contribution < 1.29 is 4.79 Å². The fourth-order valence-electron chi connectivity index (χ4n) is 2.73. The van der Waals surface area contributed by atoms with Crippen molar-refractivity contribution in [3.8, 4) is 0 Å². The van der Waals surface area contributed by atoms with Crippen LogP contribution in [0.15, 0.2) is 72.6 Å². The number of benzene rings is 2. The van der Waals surface area contributed by atoms with Gasteiger partial charge in [0.15, 0.2) is 0 Å². The SMILES string of the molecule is C[Si](C)(C)/C=C(/C(=O)Nc1cccc2cccnc12)c1ccccc1. The number of nitrogens with one attached hydrogen (secondary N) is 1. The minimum atomic E-state index is -1.58. The molecular weight excluding hydrogens is 324 g/mol. The van der Waals surface area contributed by atoms with Crippen LogP contribution in [0.2, 0.25) is 19.6 Å². The topological polar surface area (TPSA) is 42.0 Å². The highest BCUT2D eigenvalue weighted by atomic mass is 28.3. The van der Waals surface area contributed by atoms with Gasteiger partial charge in [0.25, 0.3) is 5.91 Å². The molecule has 0 radical (unpaired) electrons. The number of para-hydroxylation sites is 1. The smallest absolute Gasteiger partial charge is 0.255 e. The Morgan fingerprint density at radius 2 is 1.68 bits per heavy atom. The molecule has 0 bridgehead atoms. The number of hydrogen-bond donors (Lipinski definition) is 1. The normalized spacial score (nSPS) is 12.2. The second kappa shape index (κ2) is 7.03. The van der Waals surface area contributed by atoms with E-state index in [2.05, 4.69) is 35.6 Å². The molecule has 0 fully saturated rings. The van der Waals surface area contributed by atoms with Crippen LogP contribution in [0.4, 0.5) is 5.69 Å². The van der Waals surface area contributed by atoms with Gasteiger partial charge in [-0.2, -0.15) is 0 Å². The molecule has 0 unspecified atom stereocenters. The van der Waals surface area contributed by atoms with Crippen molar-refractivity contribution in [2.24, 2.45) is 0 Å². The third-order valence-corrected chi connectivity index (χ3v) is 4.94. The summed E-state index contributed by atoms with van der Waals surface area (Å²) in [6.45, 7) is 6.67. The van der Waals surface area contributed by atoms with E-state index in [9.17, 15) is 4.79 Å². The molecule has 25 heavy (non-hydrogen) atoms. The first-order valence-electron chi connectivity index (χ1n) is 8.37. The van der Waals surface area contributed by atoms with Crippen molar-refractivity contribution in [2.75, 3.05) is 5.32 Å². The molecule has 1 aromatic heterocycles. The van der Waals surface area contributed by atoms with Crippen molar-refractivity contribution in [3.05, 3.63) is 78.1 Å². The Morgan fingerprint density at radius 1 is 0.960 bits per heavy atom. The molecule has 1 heterocycles. The molecule has 4 heteroatoms. The van der Waals surface area contributed by atoms with Crippen LogP contribution < -0.4 is 5.32 Å². The predicted octanol–water partition coefficient (Wildman–Crippen LogP) is 5.13. The quantitative estimate of drug-likeness (QED) is 0.525. The van der Waals surface area contributed by atoms with Crippen molar-refractivity contribution in [3.63, 3.8) is 0 Å². The molecule has 3 nitrogen and oxygen atoms in total. The molecule has 126 valence electrons. The van der Waals surface area contributed by atoms with Gasteiger partial charge in [0.2, 0.25) is 0 Å². The summed E-state index contributed by atoms with van der Waals surface area (Å²) in [5.41, 5.74) is 5.36. The molecule has 3 aromatic rings. The third-order valence-electron chi connectivity index (χ3n) is 3.79. The van der Waals surface area contributed by atoms with E-state index in [1.807, 2.05) is 60.7 Å². The lowest BCUT2D eigenvalue weighted by atomic mass is 10.1. The van der Waals surface area contributed by atoms with Gasteiger partial charge >= 0.3 is 0 Å². The summed E-state index contributed by atoms with van der Waals surface area (Å²) < 4.78 is 0. The van der Waals surface area contributed by atoms with E-state index < -0.39 is 8.07 Å². The van der Waals surface area contributed by atoms with Gasteiger partial charge < -0.3 is 5.32 Å². The van der Waals surface area contributed by atoms with Crippen LogP contribution in [-0.4, -0.2) is 19.0 Å². The number of fused-ring (bicyclic) bond motifs is 1. The number of carbonyl (C=O) groups is 1. The molecule has 1 amide bonds. The number of nitrogens with zero attached hydrogens (tertiary/aromatic N) is 1. The van der Waals surface area contributed by atoms with Crippen LogP contribution in [0.25, 0.3) is 16.5 Å². The van der Waals surface area contributed by atoms with E-state index >= 15 is 0 Å². The molecule has 0 saturated heterocycles. The summed E-state index contributed by atoms with van der Waals surface area (Å²) in [6, 6.07) is 19.5. The maximum atomic E-state index is 13.0.